The van der Waals surface area contributed by atoms with E-state index in [1.807, 2.05) is 0 Å². The van der Waals surface area contributed by atoms with Crippen LogP contribution in [0.2, 0.25) is 0 Å². The van der Waals surface area contributed by atoms with Gasteiger partial charge in [0, 0.05) is 43.0 Å². The Balaban J connectivity index is -0.0000000152. The summed E-state index contributed by atoms with van der Waals surface area (Å²) in [5, 5.41) is 21.0. The molecule has 0 saturated heterocycles. The van der Waals surface area contributed by atoms with E-state index < -0.39 is 0 Å². The maximum Gasteiger partial charge on any atom is 0.0319 e. The Kier molecular flexibility index (Phi) is 205. The molecule has 0 amide bonds. The van der Waals surface area contributed by atoms with Crippen LogP contribution < -0.4 is 0 Å². The van der Waals surface area contributed by atoms with Crippen molar-refractivity contribution in [2.45, 2.75) is 20.8 Å². The Morgan fingerprint density at radius 3 is 0.636 bits per heavy atom. The van der Waals surface area contributed by atoms with Crippen LogP contribution in [0.25, 0.3) is 0 Å². The van der Waals surface area contributed by atoms with Crippen molar-refractivity contribution in [2.75, 3.05) is 21.3 Å². The number of aliphatic hydroxyl groups is 3. The monoisotopic (exact) mass is 201 g/mol. The van der Waals surface area contributed by atoms with Gasteiger partial charge in [-0.1, -0.05) is 0 Å². The largest absolute Gasteiger partial charge is 0.400 e. The Bertz CT molecular complexity index is 18.4. The first-order chi connectivity index (χ1) is 4.73. The Hall–Kier alpha value is 0.594. The molecule has 0 aliphatic heterocycles. The van der Waals surface area contributed by atoms with Gasteiger partial charge in [-0.2, -0.15) is 20.8 Å². The zero-order valence-electron chi connectivity index (χ0n) is 8.34. The summed E-state index contributed by atoms with van der Waals surface area (Å²) in [6, 6.07) is 0. The number of hydrogen-bond donors (Lipinski definition) is 3. The molecule has 0 heterocycles. The smallest absolute Gasteiger partial charge is 0.0319 e. The van der Waals surface area contributed by atoms with Gasteiger partial charge in [0.25, 0.3) is 0 Å². The molecule has 0 aliphatic rings. The van der Waals surface area contributed by atoms with Crippen molar-refractivity contribution in [3.63, 3.8) is 0 Å². The van der Waals surface area contributed by atoms with Crippen LogP contribution in [-0.4, -0.2) is 36.6 Å². The second kappa shape index (κ2) is 75.5. The van der Waals surface area contributed by atoms with E-state index in [9.17, 15) is 0 Å². The van der Waals surface area contributed by atoms with E-state index in [1.165, 1.54) is 5.92 Å². The van der Waals surface area contributed by atoms with Crippen LogP contribution in [0.4, 0.5) is 0 Å². The summed E-state index contributed by atoms with van der Waals surface area (Å²) in [5.74, 6) is 1.42. The Morgan fingerprint density at radius 1 is 0.636 bits per heavy atom. The van der Waals surface area contributed by atoms with Gasteiger partial charge in [-0.15, -0.1) is 0 Å². The van der Waals surface area contributed by atoms with Gasteiger partial charge in [-0.3, -0.25) is 0 Å². The molecule has 72 valence electrons. The molecule has 0 aromatic heterocycles. The fourth-order valence-corrected chi connectivity index (χ4v) is 0. The van der Waals surface area contributed by atoms with E-state index in [-0.39, 0.29) is 21.7 Å². The minimum atomic E-state index is 0. The Labute approximate surface area is 85.3 Å². The van der Waals surface area contributed by atoms with Gasteiger partial charge in [0.15, 0.2) is 0 Å². The van der Waals surface area contributed by atoms with Gasteiger partial charge in [-0.25, -0.2) is 0 Å². The van der Waals surface area contributed by atoms with E-state index in [0.717, 1.165) is 21.3 Å². The van der Waals surface area contributed by atoms with Crippen LogP contribution in [0.5, 0.6) is 0 Å². The molecule has 0 atom stereocenters. The molecule has 11 heavy (non-hydrogen) atoms. The number of aliphatic hydroxyl groups excluding tert-OH is 3. The Morgan fingerprint density at radius 2 is 0.636 bits per heavy atom. The van der Waals surface area contributed by atoms with Crippen LogP contribution in [0.3, 0.4) is 0 Å². The average molecular weight is 201 g/mol. The van der Waals surface area contributed by atoms with Crippen LogP contribution in [0.1, 0.15) is 20.8 Å². The maximum atomic E-state index is 7.00. The van der Waals surface area contributed by atoms with Gasteiger partial charge in [0.05, 0.1) is 0 Å². The van der Waals surface area contributed by atoms with Crippen LogP contribution in [-0.2, 0) is 21.7 Å². The first kappa shape index (κ1) is 29.9. The summed E-state index contributed by atoms with van der Waals surface area (Å²) >= 11 is 0. The van der Waals surface area contributed by atoms with Crippen molar-refractivity contribution < 1.29 is 37.0 Å². The fraction of sp³-hybridized carbons (Fsp3) is 0.857. The van der Waals surface area contributed by atoms with Gasteiger partial charge >= 0.3 is 0 Å². The molecular formula is C7H21O3Ti-. The SMILES string of the molecule is CO.CO.CO.C[C-](C)C.[Ti]. The molecule has 0 aromatic carbocycles. The second-order valence-electron chi connectivity index (χ2n) is 1.50. The topological polar surface area (TPSA) is 60.7 Å². The predicted octanol–water partition coefficient (Wildman–Crippen LogP) is 0.444. The van der Waals surface area contributed by atoms with Crippen LogP contribution in [0, 0.1) is 5.92 Å². The predicted molar refractivity (Wildman–Crippen MR) is 44.7 cm³/mol. The molecule has 0 fully saturated rings. The van der Waals surface area contributed by atoms with E-state index >= 15 is 0 Å². The summed E-state index contributed by atoms with van der Waals surface area (Å²) in [5.41, 5.74) is 0. The minimum absolute atomic E-state index is 0. The quantitative estimate of drug-likeness (QED) is 0.393. The van der Waals surface area contributed by atoms with Crippen LogP contribution in [0.15, 0.2) is 0 Å². The van der Waals surface area contributed by atoms with E-state index in [1.54, 1.807) is 0 Å². The molecule has 0 aliphatic carbocycles. The molecule has 3 nitrogen and oxygen atoms in total. The molecular weight excluding hydrogens is 180 g/mol. The molecule has 0 spiro atoms. The molecule has 0 rings (SSSR count). The summed E-state index contributed by atoms with van der Waals surface area (Å²) in [7, 11) is 3.00. The maximum absolute atomic E-state index is 7.00. The third-order valence-electron chi connectivity index (χ3n) is 0. The second-order valence-corrected chi connectivity index (χ2v) is 1.50. The molecule has 0 saturated carbocycles. The summed E-state index contributed by atoms with van der Waals surface area (Å²) < 4.78 is 0. The van der Waals surface area contributed by atoms with Crippen molar-refractivity contribution in [3.8, 4) is 0 Å². The van der Waals surface area contributed by atoms with Crippen molar-refractivity contribution >= 4 is 0 Å². The summed E-state index contributed by atoms with van der Waals surface area (Å²) in [4.78, 5) is 0. The molecule has 0 aromatic rings. The standard InChI is InChI=1S/C4H9.3CH4O.Ti/c1-4(2)3;3*1-2;/h1-3H3;3*2H,1H3;/q-1;;;;. The van der Waals surface area contributed by atoms with Gasteiger partial charge in [-0.05, 0) is 0 Å². The van der Waals surface area contributed by atoms with Crippen molar-refractivity contribution in [3.05, 3.63) is 5.92 Å². The van der Waals surface area contributed by atoms with Crippen molar-refractivity contribution in [1.82, 2.24) is 0 Å². The van der Waals surface area contributed by atoms with E-state index in [4.69, 9.17) is 15.3 Å². The minimum Gasteiger partial charge on any atom is -0.400 e. The molecule has 0 bridgehead atoms. The average Bonchev–Trinajstić information content (AvgIpc) is 1.98. The summed E-state index contributed by atoms with van der Waals surface area (Å²) in [6.45, 7) is 6.25. The normalized spacial score (nSPS) is 4.91. The van der Waals surface area contributed by atoms with E-state index in [0.29, 0.717) is 0 Å². The number of hydrogen-bond acceptors (Lipinski definition) is 3. The van der Waals surface area contributed by atoms with E-state index in [2.05, 4.69) is 20.8 Å². The number of rotatable bonds is 0. The third kappa shape index (κ3) is 2220. The van der Waals surface area contributed by atoms with Gasteiger partial charge < -0.3 is 21.2 Å². The van der Waals surface area contributed by atoms with Crippen molar-refractivity contribution in [2.24, 2.45) is 0 Å². The molecule has 3 N–H and O–H groups in total. The molecule has 0 unspecified atom stereocenters. The molecule has 0 radical (unpaired) electrons. The third-order valence-corrected chi connectivity index (χ3v) is 0. The first-order valence-electron chi connectivity index (χ1n) is 2.84. The van der Waals surface area contributed by atoms with Gasteiger partial charge in [0.2, 0.25) is 0 Å². The fourth-order valence-electron chi connectivity index (χ4n) is 0. The molecule has 4 heteroatoms. The zero-order chi connectivity index (χ0) is 9.58. The zero-order valence-corrected chi connectivity index (χ0v) is 9.90. The van der Waals surface area contributed by atoms with Crippen LogP contribution >= 0.6 is 0 Å². The van der Waals surface area contributed by atoms with Crippen molar-refractivity contribution in [1.29, 1.82) is 0 Å². The van der Waals surface area contributed by atoms with Gasteiger partial charge in [0.1, 0.15) is 0 Å². The summed E-state index contributed by atoms with van der Waals surface area (Å²) in [6.07, 6.45) is 0. The first-order valence-corrected chi connectivity index (χ1v) is 2.84.